The SMILES string of the molecule is Cc1noc(C)c1CN1C[C@H]2CC[C@@H](C1)N(C(=O)c1cnn3ccccc13)C2. The largest absolute Gasteiger partial charge is 0.361 e. The third kappa shape index (κ3) is 2.90. The number of hydrogen-bond donors (Lipinski definition) is 0. The number of pyridine rings is 1. The van der Waals surface area contributed by atoms with Gasteiger partial charge in [-0.3, -0.25) is 9.69 Å². The van der Waals surface area contributed by atoms with Crippen LogP contribution in [0.15, 0.2) is 35.1 Å². The van der Waals surface area contributed by atoms with Crippen molar-refractivity contribution in [3.05, 3.63) is 53.2 Å². The molecule has 2 atom stereocenters. The Kier molecular flexibility index (Phi) is 4.19. The zero-order chi connectivity index (χ0) is 19.3. The Labute approximate surface area is 163 Å². The van der Waals surface area contributed by atoms with Gasteiger partial charge < -0.3 is 9.42 Å². The average molecular weight is 379 g/mol. The van der Waals surface area contributed by atoms with Crippen LogP contribution in [-0.4, -0.2) is 56.2 Å². The summed E-state index contributed by atoms with van der Waals surface area (Å²) in [6.45, 7) is 7.55. The lowest BCUT2D eigenvalue weighted by Crippen LogP contribution is -2.47. The van der Waals surface area contributed by atoms with Crippen molar-refractivity contribution in [1.29, 1.82) is 0 Å². The molecule has 0 saturated carbocycles. The minimum absolute atomic E-state index is 0.107. The quantitative estimate of drug-likeness (QED) is 0.700. The van der Waals surface area contributed by atoms with E-state index in [4.69, 9.17) is 4.52 Å². The number of hydrogen-bond acceptors (Lipinski definition) is 5. The molecular formula is C21H25N5O2. The van der Waals surface area contributed by atoms with Crippen molar-refractivity contribution in [2.45, 2.75) is 39.3 Å². The summed E-state index contributed by atoms with van der Waals surface area (Å²) < 4.78 is 7.11. The topological polar surface area (TPSA) is 66.9 Å². The molecule has 0 radical (unpaired) electrons. The fourth-order valence-electron chi connectivity index (χ4n) is 4.76. The Balaban J connectivity index is 1.39. The van der Waals surface area contributed by atoms with Gasteiger partial charge in [-0.15, -0.1) is 0 Å². The molecule has 7 nitrogen and oxygen atoms in total. The minimum Gasteiger partial charge on any atom is -0.361 e. The third-order valence-electron chi connectivity index (χ3n) is 6.27. The van der Waals surface area contributed by atoms with E-state index in [9.17, 15) is 4.79 Å². The Morgan fingerprint density at radius 2 is 2.11 bits per heavy atom. The molecule has 6 rings (SSSR count). The maximum Gasteiger partial charge on any atom is 0.257 e. The fourth-order valence-corrected chi connectivity index (χ4v) is 4.76. The summed E-state index contributed by atoms with van der Waals surface area (Å²) in [5, 5.41) is 8.43. The molecule has 146 valence electrons. The van der Waals surface area contributed by atoms with Gasteiger partial charge >= 0.3 is 0 Å². The predicted octanol–water partition coefficient (Wildman–Crippen LogP) is 2.68. The first kappa shape index (κ1) is 17.4. The number of carbonyl (C=O) groups is 1. The smallest absolute Gasteiger partial charge is 0.257 e. The first-order valence-corrected chi connectivity index (χ1v) is 9.97. The van der Waals surface area contributed by atoms with Crippen LogP contribution in [0.2, 0.25) is 0 Å². The lowest BCUT2D eigenvalue weighted by molar-refractivity contribution is 0.0587. The number of aryl methyl sites for hydroxylation is 2. The van der Waals surface area contributed by atoms with Crippen LogP contribution in [0.4, 0.5) is 0 Å². The van der Waals surface area contributed by atoms with Crippen LogP contribution in [0.1, 0.15) is 40.2 Å². The molecule has 3 fully saturated rings. The highest BCUT2D eigenvalue weighted by atomic mass is 16.5. The van der Waals surface area contributed by atoms with Gasteiger partial charge in [-0.05, 0) is 44.7 Å². The first-order chi connectivity index (χ1) is 13.6. The number of carbonyl (C=O) groups excluding carboxylic acids is 1. The summed E-state index contributed by atoms with van der Waals surface area (Å²) in [6, 6.07) is 6.08. The van der Waals surface area contributed by atoms with Crippen molar-refractivity contribution in [1.82, 2.24) is 24.6 Å². The zero-order valence-electron chi connectivity index (χ0n) is 16.3. The van der Waals surface area contributed by atoms with E-state index in [0.717, 1.165) is 49.6 Å². The molecule has 0 spiro atoms. The molecule has 0 N–H and O–H groups in total. The van der Waals surface area contributed by atoms with Crippen LogP contribution in [0, 0.1) is 19.8 Å². The van der Waals surface area contributed by atoms with Gasteiger partial charge in [-0.25, -0.2) is 4.52 Å². The van der Waals surface area contributed by atoms with E-state index in [1.807, 2.05) is 38.2 Å². The monoisotopic (exact) mass is 379 g/mol. The van der Waals surface area contributed by atoms with Crippen LogP contribution in [0.3, 0.4) is 0 Å². The normalized spacial score (nSPS) is 22.7. The van der Waals surface area contributed by atoms with Crippen molar-refractivity contribution in [3.63, 3.8) is 0 Å². The number of fused-ring (bicyclic) bond motifs is 5. The molecule has 3 aliphatic heterocycles. The van der Waals surface area contributed by atoms with Gasteiger partial charge in [-0.2, -0.15) is 5.10 Å². The van der Waals surface area contributed by atoms with Gasteiger partial charge in [0, 0.05) is 44.0 Å². The third-order valence-corrected chi connectivity index (χ3v) is 6.27. The molecule has 3 saturated heterocycles. The van der Waals surface area contributed by atoms with Crippen LogP contribution < -0.4 is 0 Å². The predicted molar refractivity (Wildman–Crippen MR) is 104 cm³/mol. The second-order valence-corrected chi connectivity index (χ2v) is 8.14. The second kappa shape index (κ2) is 6.74. The van der Waals surface area contributed by atoms with Crippen molar-refractivity contribution in [2.75, 3.05) is 19.6 Å². The van der Waals surface area contributed by atoms with E-state index in [-0.39, 0.29) is 11.9 Å². The lowest BCUT2D eigenvalue weighted by atomic mass is 9.94. The molecule has 0 aromatic carbocycles. The van der Waals surface area contributed by atoms with Crippen LogP contribution in [0.25, 0.3) is 5.52 Å². The van der Waals surface area contributed by atoms with Gasteiger partial charge in [-0.1, -0.05) is 11.2 Å². The first-order valence-electron chi connectivity index (χ1n) is 9.97. The Bertz CT molecular complexity index is 1000. The van der Waals surface area contributed by atoms with Crippen molar-refractivity contribution in [3.8, 4) is 0 Å². The highest BCUT2D eigenvalue weighted by Crippen LogP contribution is 2.31. The molecule has 2 bridgehead atoms. The van der Waals surface area contributed by atoms with Crippen LogP contribution in [0.5, 0.6) is 0 Å². The number of amides is 1. The number of nitrogens with zero attached hydrogens (tertiary/aromatic N) is 5. The van der Waals surface area contributed by atoms with Crippen molar-refractivity contribution >= 4 is 11.4 Å². The van der Waals surface area contributed by atoms with E-state index in [1.54, 1.807) is 10.7 Å². The summed E-state index contributed by atoms with van der Waals surface area (Å²) in [6.07, 6.45) is 5.83. The number of rotatable bonds is 3. The van der Waals surface area contributed by atoms with E-state index in [1.165, 1.54) is 12.0 Å². The molecule has 0 aliphatic carbocycles. The highest BCUT2D eigenvalue weighted by Gasteiger charge is 2.38. The molecular weight excluding hydrogens is 354 g/mol. The van der Waals surface area contributed by atoms with Crippen molar-refractivity contribution < 1.29 is 9.32 Å². The lowest BCUT2D eigenvalue weighted by Gasteiger charge is -2.36. The maximum atomic E-state index is 13.4. The summed E-state index contributed by atoms with van der Waals surface area (Å²) >= 11 is 0. The molecule has 28 heavy (non-hydrogen) atoms. The number of aromatic nitrogens is 3. The molecule has 0 unspecified atom stereocenters. The fraction of sp³-hybridized carbons (Fsp3) is 0.476. The number of piperidine rings is 1. The van der Waals surface area contributed by atoms with E-state index in [2.05, 4.69) is 20.1 Å². The van der Waals surface area contributed by atoms with Gasteiger partial charge in [0.15, 0.2) is 0 Å². The van der Waals surface area contributed by atoms with Gasteiger partial charge in [0.1, 0.15) is 5.76 Å². The average Bonchev–Trinajstić information content (AvgIpc) is 3.13. The molecule has 3 aliphatic rings. The van der Waals surface area contributed by atoms with E-state index in [0.29, 0.717) is 11.5 Å². The molecule has 1 amide bonds. The Hall–Kier alpha value is -2.67. The zero-order valence-corrected chi connectivity index (χ0v) is 16.3. The summed E-state index contributed by atoms with van der Waals surface area (Å²) in [7, 11) is 0. The van der Waals surface area contributed by atoms with E-state index >= 15 is 0 Å². The summed E-state index contributed by atoms with van der Waals surface area (Å²) in [5.74, 6) is 1.51. The van der Waals surface area contributed by atoms with Crippen LogP contribution in [-0.2, 0) is 6.54 Å². The summed E-state index contributed by atoms with van der Waals surface area (Å²) in [5.41, 5.74) is 3.72. The maximum absolute atomic E-state index is 13.4. The van der Waals surface area contributed by atoms with Gasteiger partial charge in [0.2, 0.25) is 0 Å². The van der Waals surface area contributed by atoms with Crippen molar-refractivity contribution in [2.24, 2.45) is 5.92 Å². The Morgan fingerprint density at radius 3 is 2.93 bits per heavy atom. The van der Waals surface area contributed by atoms with Gasteiger partial charge in [0.05, 0.1) is 23.0 Å². The molecule has 3 aromatic rings. The molecule has 3 aromatic heterocycles. The standard InChI is InChI=1S/C21H25N5O2/c1-14-19(15(2)28-23-14)13-24-10-16-6-7-17(12-24)25(11-16)21(27)18-9-22-26-8-4-3-5-20(18)26/h3-5,8-9,16-17H,6-7,10-13H2,1-2H3/t16-,17+/m1/s1. The highest BCUT2D eigenvalue weighted by molar-refractivity contribution is 6.00. The molecule has 6 heterocycles. The minimum atomic E-state index is 0.107. The van der Waals surface area contributed by atoms with Gasteiger partial charge in [0.25, 0.3) is 5.91 Å². The summed E-state index contributed by atoms with van der Waals surface area (Å²) in [4.78, 5) is 17.9. The Morgan fingerprint density at radius 1 is 1.21 bits per heavy atom. The van der Waals surface area contributed by atoms with Crippen LogP contribution >= 0.6 is 0 Å². The van der Waals surface area contributed by atoms with E-state index < -0.39 is 0 Å². The molecule has 7 heteroatoms. The second-order valence-electron chi connectivity index (χ2n) is 8.14.